The van der Waals surface area contributed by atoms with Gasteiger partial charge in [0.2, 0.25) is 0 Å². The zero-order chi connectivity index (χ0) is 17.6. The van der Waals surface area contributed by atoms with Crippen LogP contribution in [0.3, 0.4) is 0 Å². The first kappa shape index (κ1) is 18.9. The molecule has 1 rings (SSSR count). The van der Waals surface area contributed by atoms with E-state index in [4.69, 9.17) is 9.84 Å². The SMILES string of the molecule is C/C=C1/CCCN(C(=O)OC(C)(C)C)/C1=N/C(C)=C/CC(=O)O. The molecule has 0 atom stereocenters. The van der Waals surface area contributed by atoms with Crippen molar-refractivity contribution in [3.63, 3.8) is 0 Å². The molecule has 0 unspecified atom stereocenters. The lowest BCUT2D eigenvalue weighted by Crippen LogP contribution is -2.44. The van der Waals surface area contributed by atoms with E-state index in [1.54, 1.807) is 6.92 Å². The number of likely N-dealkylation sites (tertiary alicyclic amines) is 1. The molecule has 0 spiro atoms. The molecule has 0 bridgehead atoms. The summed E-state index contributed by atoms with van der Waals surface area (Å²) < 4.78 is 5.45. The van der Waals surface area contributed by atoms with Gasteiger partial charge in [-0.1, -0.05) is 12.2 Å². The number of piperidine rings is 1. The molecule has 23 heavy (non-hydrogen) atoms. The van der Waals surface area contributed by atoms with Gasteiger partial charge in [-0.2, -0.15) is 0 Å². The number of carbonyl (C=O) groups excluding carboxylic acids is 1. The normalized spacial score (nSPS) is 20.0. The highest BCUT2D eigenvalue weighted by Crippen LogP contribution is 2.22. The average molecular weight is 322 g/mol. The Hall–Kier alpha value is -2.11. The molecular weight excluding hydrogens is 296 g/mol. The first-order valence-electron chi connectivity index (χ1n) is 7.77. The highest BCUT2D eigenvalue weighted by atomic mass is 16.6. The van der Waals surface area contributed by atoms with E-state index >= 15 is 0 Å². The van der Waals surface area contributed by atoms with Gasteiger partial charge in [0.15, 0.2) is 0 Å². The number of carboxylic acid groups (broad SMARTS) is 1. The lowest BCUT2D eigenvalue weighted by Gasteiger charge is -2.32. The van der Waals surface area contributed by atoms with Crippen LogP contribution in [-0.4, -0.2) is 40.1 Å². The second-order valence-corrected chi connectivity index (χ2v) is 6.43. The first-order valence-corrected chi connectivity index (χ1v) is 7.77. The Morgan fingerprint density at radius 2 is 2.04 bits per heavy atom. The maximum absolute atomic E-state index is 12.4. The van der Waals surface area contributed by atoms with Gasteiger partial charge in [0.05, 0.1) is 6.42 Å². The summed E-state index contributed by atoms with van der Waals surface area (Å²) in [6, 6.07) is 0. The summed E-state index contributed by atoms with van der Waals surface area (Å²) in [5, 5.41) is 8.75. The van der Waals surface area contributed by atoms with Gasteiger partial charge >= 0.3 is 12.1 Å². The minimum Gasteiger partial charge on any atom is -0.481 e. The fourth-order valence-corrected chi connectivity index (χ4v) is 2.17. The zero-order valence-corrected chi connectivity index (χ0v) is 14.5. The van der Waals surface area contributed by atoms with Crippen molar-refractivity contribution < 1.29 is 19.4 Å². The molecule has 0 aromatic carbocycles. The Morgan fingerprint density at radius 1 is 1.39 bits per heavy atom. The summed E-state index contributed by atoms with van der Waals surface area (Å²) in [5.41, 5.74) is 0.951. The van der Waals surface area contributed by atoms with E-state index in [0.29, 0.717) is 18.1 Å². The summed E-state index contributed by atoms with van der Waals surface area (Å²) in [6.45, 7) is 9.63. The average Bonchev–Trinajstić information content (AvgIpc) is 2.43. The molecule has 6 heteroatoms. The van der Waals surface area contributed by atoms with E-state index in [-0.39, 0.29) is 6.42 Å². The summed E-state index contributed by atoms with van der Waals surface area (Å²) in [6.07, 6.45) is 4.61. The van der Waals surface area contributed by atoms with Crippen LogP contribution in [0, 0.1) is 0 Å². The lowest BCUT2D eigenvalue weighted by atomic mass is 10.0. The molecule has 1 amide bonds. The molecule has 1 aliphatic rings. The highest BCUT2D eigenvalue weighted by molar-refractivity contribution is 6.07. The maximum atomic E-state index is 12.4. The monoisotopic (exact) mass is 322 g/mol. The fourth-order valence-electron chi connectivity index (χ4n) is 2.17. The van der Waals surface area contributed by atoms with Crippen LogP contribution in [0.2, 0.25) is 0 Å². The minimum atomic E-state index is -0.913. The van der Waals surface area contributed by atoms with Gasteiger partial charge < -0.3 is 9.84 Å². The molecule has 0 aromatic rings. The summed E-state index contributed by atoms with van der Waals surface area (Å²) in [4.78, 5) is 29.1. The molecule has 1 saturated heterocycles. The molecule has 128 valence electrons. The number of allylic oxidation sites excluding steroid dienone is 2. The summed E-state index contributed by atoms with van der Waals surface area (Å²) in [5.74, 6) is -0.365. The molecule has 0 aliphatic carbocycles. The van der Waals surface area contributed by atoms with E-state index in [0.717, 1.165) is 18.4 Å². The van der Waals surface area contributed by atoms with E-state index in [2.05, 4.69) is 4.99 Å². The first-order chi connectivity index (χ1) is 10.6. The number of amidine groups is 1. The fraction of sp³-hybridized carbons (Fsp3) is 0.588. The standard InChI is InChI=1S/C17H26N2O4/c1-6-13-8-7-11-19(16(22)23-17(3,4)5)15(13)18-12(2)9-10-14(20)21/h6,9H,7-8,10-11H2,1-5H3,(H,20,21)/b12-9+,13-6-,18-15+. The van der Waals surface area contributed by atoms with Crippen LogP contribution in [0.1, 0.15) is 53.9 Å². The number of carbonyl (C=O) groups is 2. The van der Waals surface area contributed by atoms with Crippen LogP contribution in [0.15, 0.2) is 28.4 Å². The number of carboxylic acids is 1. The van der Waals surface area contributed by atoms with Crippen molar-refractivity contribution in [1.29, 1.82) is 0 Å². The number of rotatable bonds is 3. The van der Waals surface area contributed by atoms with E-state index in [9.17, 15) is 9.59 Å². The smallest absolute Gasteiger partial charge is 0.416 e. The van der Waals surface area contributed by atoms with Crippen molar-refractivity contribution >= 4 is 17.9 Å². The van der Waals surface area contributed by atoms with Gasteiger partial charge in [-0.25, -0.2) is 9.79 Å². The molecule has 1 heterocycles. The third-order valence-electron chi connectivity index (χ3n) is 3.19. The molecule has 1 aliphatic heterocycles. The van der Waals surface area contributed by atoms with Crippen molar-refractivity contribution in [3.05, 3.63) is 23.4 Å². The third-order valence-corrected chi connectivity index (χ3v) is 3.19. The Morgan fingerprint density at radius 3 is 2.57 bits per heavy atom. The van der Waals surface area contributed by atoms with Crippen molar-refractivity contribution in [3.8, 4) is 0 Å². The Labute approximate surface area is 137 Å². The molecule has 0 saturated carbocycles. The van der Waals surface area contributed by atoms with Crippen molar-refractivity contribution in [2.75, 3.05) is 6.54 Å². The van der Waals surface area contributed by atoms with E-state index in [1.165, 1.54) is 11.0 Å². The second kappa shape index (κ2) is 7.94. The van der Waals surface area contributed by atoms with Crippen LogP contribution in [0.4, 0.5) is 4.79 Å². The van der Waals surface area contributed by atoms with E-state index < -0.39 is 17.7 Å². The van der Waals surface area contributed by atoms with Crippen molar-refractivity contribution in [1.82, 2.24) is 4.90 Å². The van der Waals surface area contributed by atoms with Crippen LogP contribution >= 0.6 is 0 Å². The number of amides is 1. The van der Waals surface area contributed by atoms with E-state index in [1.807, 2.05) is 33.8 Å². The van der Waals surface area contributed by atoms with Gasteiger partial charge in [0, 0.05) is 12.2 Å². The van der Waals surface area contributed by atoms with Gasteiger partial charge in [0.25, 0.3) is 0 Å². The zero-order valence-electron chi connectivity index (χ0n) is 14.5. The van der Waals surface area contributed by atoms with Crippen LogP contribution < -0.4 is 0 Å². The molecular formula is C17H26N2O4. The molecule has 0 radical (unpaired) electrons. The van der Waals surface area contributed by atoms with Crippen molar-refractivity contribution in [2.45, 2.75) is 59.5 Å². The molecule has 1 fully saturated rings. The summed E-state index contributed by atoms with van der Waals surface area (Å²) >= 11 is 0. The highest BCUT2D eigenvalue weighted by Gasteiger charge is 2.30. The van der Waals surface area contributed by atoms with Gasteiger partial charge in [-0.3, -0.25) is 9.69 Å². The number of aliphatic carboxylic acids is 1. The van der Waals surface area contributed by atoms with Crippen molar-refractivity contribution in [2.24, 2.45) is 4.99 Å². The predicted octanol–water partition coefficient (Wildman–Crippen LogP) is 3.74. The number of hydrogen-bond acceptors (Lipinski definition) is 4. The maximum Gasteiger partial charge on any atom is 0.416 e. The van der Waals surface area contributed by atoms with Crippen LogP contribution in [0.25, 0.3) is 0 Å². The second-order valence-electron chi connectivity index (χ2n) is 6.43. The lowest BCUT2D eigenvalue weighted by molar-refractivity contribution is -0.136. The summed E-state index contributed by atoms with van der Waals surface area (Å²) in [7, 11) is 0. The molecule has 0 aromatic heterocycles. The Kier molecular flexibility index (Phi) is 6.54. The topological polar surface area (TPSA) is 79.2 Å². The number of hydrogen-bond donors (Lipinski definition) is 1. The third kappa shape index (κ3) is 6.26. The van der Waals surface area contributed by atoms with Gasteiger partial charge in [0.1, 0.15) is 11.4 Å². The van der Waals surface area contributed by atoms with Gasteiger partial charge in [-0.05, 0) is 53.0 Å². The van der Waals surface area contributed by atoms with Crippen LogP contribution in [0.5, 0.6) is 0 Å². The minimum absolute atomic E-state index is 0.0970. The number of aliphatic imine (C=N–C) groups is 1. The largest absolute Gasteiger partial charge is 0.481 e. The quantitative estimate of drug-likeness (QED) is 0.858. The predicted molar refractivity (Wildman–Crippen MR) is 89.4 cm³/mol. The Balaban J connectivity index is 3.09. The van der Waals surface area contributed by atoms with Gasteiger partial charge in [-0.15, -0.1) is 0 Å². The molecule has 1 N–H and O–H groups in total. The Bertz CT molecular complexity index is 553. The number of nitrogens with zero attached hydrogens (tertiary/aromatic N) is 2. The number of ether oxygens (including phenoxy) is 1. The molecule has 6 nitrogen and oxygen atoms in total. The van der Waals surface area contributed by atoms with Crippen LogP contribution in [-0.2, 0) is 9.53 Å².